The van der Waals surface area contributed by atoms with E-state index in [0.29, 0.717) is 23.3 Å². The highest BCUT2D eigenvalue weighted by Gasteiger charge is 2.10. The molecule has 1 unspecified atom stereocenters. The highest BCUT2D eigenvalue weighted by Crippen LogP contribution is 2.35. The highest BCUT2D eigenvalue weighted by molar-refractivity contribution is 9.10. The monoisotopic (exact) mass is 357 g/mol. The standard InChI is InChI=1S/C14H16BrNO3S/c1-19-13-5-9(4-11(15)14(13)18)6-16-7-12(17)10-2-3-20-8-10/h2-5,8,12,16-18H,6-7H2,1H3. The van der Waals surface area contributed by atoms with Crippen LogP contribution in [0.25, 0.3) is 0 Å². The van der Waals surface area contributed by atoms with Crippen molar-refractivity contribution in [1.29, 1.82) is 0 Å². The molecule has 3 N–H and O–H groups in total. The van der Waals surface area contributed by atoms with Crippen LogP contribution in [0.15, 0.2) is 33.4 Å². The van der Waals surface area contributed by atoms with Gasteiger partial charge in [0.2, 0.25) is 0 Å². The van der Waals surface area contributed by atoms with Gasteiger partial charge in [-0.15, -0.1) is 0 Å². The molecular weight excluding hydrogens is 342 g/mol. The summed E-state index contributed by atoms with van der Waals surface area (Å²) < 4.78 is 5.69. The van der Waals surface area contributed by atoms with Gasteiger partial charge in [-0.2, -0.15) is 11.3 Å². The van der Waals surface area contributed by atoms with Crippen LogP contribution in [0.3, 0.4) is 0 Å². The van der Waals surface area contributed by atoms with Gasteiger partial charge in [-0.3, -0.25) is 0 Å². The molecule has 2 rings (SSSR count). The average molecular weight is 358 g/mol. The summed E-state index contributed by atoms with van der Waals surface area (Å²) in [6.45, 7) is 1.05. The Morgan fingerprint density at radius 2 is 2.25 bits per heavy atom. The third-order valence-electron chi connectivity index (χ3n) is 2.90. The highest BCUT2D eigenvalue weighted by atomic mass is 79.9. The van der Waals surface area contributed by atoms with Crippen LogP contribution in [0.5, 0.6) is 11.5 Å². The second-order valence-corrected chi connectivity index (χ2v) is 5.97. The number of aliphatic hydroxyl groups excluding tert-OH is 1. The molecular formula is C14H16BrNO3S. The van der Waals surface area contributed by atoms with E-state index >= 15 is 0 Å². The average Bonchev–Trinajstić information content (AvgIpc) is 2.96. The molecule has 0 aliphatic carbocycles. The summed E-state index contributed by atoms with van der Waals surface area (Å²) in [5.74, 6) is 0.518. The SMILES string of the molecule is COc1cc(CNCC(O)c2ccsc2)cc(Br)c1O. The quantitative estimate of drug-likeness (QED) is 0.743. The first kappa shape index (κ1) is 15.3. The Labute approximate surface area is 130 Å². The Bertz CT molecular complexity index is 560. The molecule has 0 fully saturated rings. The fraction of sp³-hybridized carbons (Fsp3) is 0.286. The van der Waals surface area contributed by atoms with Gasteiger partial charge in [0.25, 0.3) is 0 Å². The van der Waals surface area contributed by atoms with E-state index in [1.54, 1.807) is 17.4 Å². The van der Waals surface area contributed by atoms with Gasteiger partial charge in [-0.05, 0) is 56.0 Å². The summed E-state index contributed by atoms with van der Waals surface area (Å²) in [5, 5.41) is 26.8. The van der Waals surface area contributed by atoms with Gasteiger partial charge in [0.05, 0.1) is 17.7 Å². The van der Waals surface area contributed by atoms with Crippen LogP contribution < -0.4 is 10.1 Å². The maximum Gasteiger partial charge on any atom is 0.172 e. The maximum atomic E-state index is 9.96. The number of hydrogen-bond acceptors (Lipinski definition) is 5. The van der Waals surface area contributed by atoms with Gasteiger partial charge in [0, 0.05) is 13.1 Å². The lowest BCUT2D eigenvalue weighted by Gasteiger charge is -2.12. The topological polar surface area (TPSA) is 61.7 Å². The van der Waals surface area contributed by atoms with E-state index in [4.69, 9.17) is 4.74 Å². The molecule has 1 aromatic heterocycles. The number of benzene rings is 1. The number of hydrogen-bond donors (Lipinski definition) is 3. The first-order chi connectivity index (χ1) is 9.61. The van der Waals surface area contributed by atoms with Gasteiger partial charge in [0.15, 0.2) is 11.5 Å². The van der Waals surface area contributed by atoms with Crippen molar-refractivity contribution in [2.45, 2.75) is 12.6 Å². The number of ether oxygens (including phenoxy) is 1. The van der Waals surface area contributed by atoms with E-state index < -0.39 is 6.10 Å². The number of halogens is 1. The minimum absolute atomic E-state index is 0.0922. The Hall–Kier alpha value is -1.08. The van der Waals surface area contributed by atoms with Gasteiger partial charge in [-0.25, -0.2) is 0 Å². The first-order valence-electron chi connectivity index (χ1n) is 6.08. The lowest BCUT2D eigenvalue weighted by molar-refractivity contribution is 0.175. The van der Waals surface area contributed by atoms with E-state index in [1.165, 1.54) is 7.11 Å². The van der Waals surface area contributed by atoms with Crippen LogP contribution in [0.4, 0.5) is 0 Å². The number of thiophene rings is 1. The Morgan fingerprint density at radius 1 is 1.45 bits per heavy atom. The third-order valence-corrected chi connectivity index (χ3v) is 4.21. The van der Waals surface area contributed by atoms with E-state index in [1.807, 2.05) is 22.9 Å². The second-order valence-electron chi connectivity index (χ2n) is 4.33. The van der Waals surface area contributed by atoms with Crippen molar-refractivity contribution in [3.63, 3.8) is 0 Å². The molecule has 0 aliphatic rings. The lowest BCUT2D eigenvalue weighted by atomic mass is 10.1. The van der Waals surface area contributed by atoms with Crippen LogP contribution in [0, 0.1) is 0 Å². The van der Waals surface area contributed by atoms with Crippen LogP contribution in [-0.4, -0.2) is 23.9 Å². The van der Waals surface area contributed by atoms with Crippen molar-refractivity contribution in [2.24, 2.45) is 0 Å². The second kappa shape index (κ2) is 7.08. The predicted molar refractivity (Wildman–Crippen MR) is 83.3 cm³/mol. The number of phenolic OH excluding ortho intramolecular Hbond substituents is 1. The van der Waals surface area contributed by atoms with Gasteiger partial charge in [0.1, 0.15) is 0 Å². The molecule has 1 atom stereocenters. The molecule has 0 radical (unpaired) electrons. The predicted octanol–water partition coefficient (Wildman–Crippen LogP) is 3.05. The normalized spacial score (nSPS) is 12.3. The Kier molecular flexibility index (Phi) is 5.42. The van der Waals surface area contributed by atoms with Crippen molar-refractivity contribution in [2.75, 3.05) is 13.7 Å². The molecule has 6 heteroatoms. The zero-order valence-corrected chi connectivity index (χ0v) is 13.4. The fourth-order valence-corrected chi connectivity index (χ4v) is 3.02. The van der Waals surface area contributed by atoms with Crippen molar-refractivity contribution < 1.29 is 14.9 Å². The largest absolute Gasteiger partial charge is 0.503 e. The lowest BCUT2D eigenvalue weighted by Crippen LogP contribution is -2.20. The van der Waals surface area contributed by atoms with E-state index in [-0.39, 0.29) is 5.75 Å². The molecule has 2 aromatic rings. The molecule has 0 aliphatic heterocycles. The molecule has 0 amide bonds. The van der Waals surface area contributed by atoms with Crippen LogP contribution >= 0.6 is 27.3 Å². The Morgan fingerprint density at radius 3 is 2.90 bits per heavy atom. The zero-order valence-electron chi connectivity index (χ0n) is 11.0. The minimum atomic E-state index is -0.510. The maximum absolute atomic E-state index is 9.96. The zero-order chi connectivity index (χ0) is 14.5. The molecule has 20 heavy (non-hydrogen) atoms. The fourth-order valence-electron chi connectivity index (χ4n) is 1.82. The summed E-state index contributed by atoms with van der Waals surface area (Å²) in [5.41, 5.74) is 1.89. The molecule has 0 saturated carbocycles. The number of rotatable bonds is 6. The summed E-state index contributed by atoms with van der Waals surface area (Å²) in [6.07, 6.45) is -0.510. The van der Waals surface area contributed by atoms with E-state index in [0.717, 1.165) is 11.1 Å². The van der Waals surface area contributed by atoms with E-state index in [2.05, 4.69) is 21.2 Å². The van der Waals surface area contributed by atoms with Gasteiger partial charge >= 0.3 is 0 Å². The van der Waals surface area contributed by atoms with Crippen LogP contribution in [0.2, 0.25) is 0 Å². The first-order valence-corrected chi connectivity index (χ1v) is 7.81. The molecule has 1 heterocycles. The van der Waals surface area contributed by atoms with Crippen molar-refractivity contribution in [3.05, 3.63) is 44.6 Å². The Balaban J connectivity index is 1.93. The number of methoxy groups -OCH3 is 1. The molecule has 0 bridgehead atoms. The minimum Gasteiger partial charge on any atom is -0.503 e. The molecule has 1 aromatic carbocycles. The summed E-state index contributed by atoms with van der Waals surface area (Å²) in [6, 6.07) is 5.50. The number of aromatic hydroxyl groups is 1. The van der Waals surface area contributed by atoms with Gasteiger partial charge < -0.3 is 20.3 Å². The number of aliphatic hydroxyl groups is 1. The third kappa shape index (κ3) is 3.73. The summed E-state index contributed by atoms with van der Waals surface area (Å²) in [7, 11) is 1.51. The number of nitrogens with one attached hydrogen (secondary N) is 1. The van der Waals surface area contributed by atoms with Crippen LogP contribution in [-0.2, 0) is 6.54 Å². The van der Waals surface area contributed by atoms with Crippen molar-refractivity contribution >= 4 is 27.3 Å². The van der Waals surface area contributed by atoms with Gasteiger partial charge in [-0.1, -0.05) is 0 Å². The molecule has 4 nitrogen and oxygen atoms in total. The number of phenols is 1. The molecule has 0 spiro atoms. The van der Waals surface area contributed by atoms with Crippen molar-refractivity contribution in [3.8, 4) is 11.5 Å². The summed E-state index contributed by atoms with van der Waals surface area (Å²) >= 11 is 4.85. The smallest absolute Gasteiger partial charge is 0.172 e. The molecule has 108 valence electrons. The van der Waals surface area contributed by atoms with Crippen LogP contribution in [0.1, 0.15) is 17.2 Å². The molecule has 0 saturated heterocycles. The van der Waals surface area contributed by atoms with Crippen molar-refractivity contribution in [1.82, 2.24) is 5.32 Å². The van der Waals surface area contributed by atoms with E-state index in [9.17, 15) is 10.2 Å². The summed E-state index contributed by atoms with van der Waals surface area (Å²) in [4.78, 5) is 0.